The summed E-state index contributed by atoms with van der Waals surface area (Å²) in [5.74, 6) is 1.87. The first-order valence-corrected chi connectivity index (χ1v) is 8.13. The molecule has 114 valence electrons. The Bertz CT molecular complexity index is 524. The Kier molecular flexibility index (Phi) is 3.51. The second-order valence-corrected chi connectivity index (χ2v) is 6.52. The fraction of sp³-hybridized carbons (Fsp3) is 0.647. The fourth-order valence-electron chi connectivity index (χ4n) is 3.79. The Morgan fingerprint density at radius 2 is 1.62 bits per heavy atom. The summed E-state index contributed by atoms with van der Waals surface area (Å²) in [6.07, 6.45) is 3.74. The minimum Gasteiger partial charge on any atom is -0.486 e. The number of benzene rings is 1. The molecule has 0 radical (unpaired) electrons. The van der Waals surface area contributed by atoms with Crippen molar-refractivity contribution in [3.63, 3.8) is 0 Å². The first kappa shape index (κ1) is 13.4. The SMILES string of the molecule is CN1CCC(N2CCc3cc4c(cc3C2)OCCO4)CC1. The third-order valence-corrected chi connectivity index (χ3v) is 5.11. The smallest absolute Gasteiger partial charge is 0.161 e. The van der Waals surface area contributed by atoms with Gasteiger partial charge >= 0.3 is 0 Å². The van der Waals surface area contributed by atoms with E-state index in [1.54, 1.807) is 0 Å². The molecule has 4 heteroatoms. The van der Waals surface area contributed by atoms with Gasteiger partial charge < -0.3 is 14.4 Å². The molecule has 1 aromatic carbocycles. The van der Waals surface area contributed by atoms with E-state index in [9.17, 15) is 0 Å². The largest absolute Gasteiger partial charge is 0.486 e. The molecule has 3 heterocycles. The van der Waals surface area contributed by atoms with Crippen LogP contribution in [0.25, 0.3) is 0 Å². The van der Waals surface area contributed by atoms with Crippen molar-refractivity contribution in [3.8, 4) is 11.5 Å². The van der Waals surface area contributed by atoms with Crippen molar-refractivity contribution in [3.05, 3.63) is 23.3 Å². The van der Waals surface area contributed by atoms with Crippen molar-refractivity contribution in [1.82, 2.24) is 9.80 Å². The molecule has 1 fully saturated rings. The summed E-state index contributed by atoms with van der Waals surface area (Å²) < 4.78 is 11.4. The lowest BCUT2D eigenvalue weighted by Gasteiger charge is -2.40. The minimum absolute atomic E-state index is 0.671. The summed E-state index contributed by atoms with van der Waals surface area (Å²) in [6, 6.07) is 5.17. The maximum Gasteiger partial charge on any atom is 0.161 e. The van der Waals surface area contributed by atoms with E-state index in [2.05, 4.69) is 29.0 Å². The summed E-state index contributed by atoms with van der Waals surface area (Å²) in [6.45, 7) is 6.06. The number of likely N-dealkylation sites (tertiary alicyclic amines) is 1. The predicted octanol–water partition coefficient (Wildman–Crippen LogP) is 1.91. The van der Waals surface area contributed by atoms with Crippen LogP contribution < -0.4 is 9.47 Å². The van der Waals surface area contributed by atoms with Crippen LogP contribution in [0, 0.1) is 0 Å². The van der Waals surface area contributed by atoms with Crippen LogP contribution in [0.15, 0.2) is 12.1 Å². The number of nitrogens with zero attached hydrogens (tertiary/aromatic N) is 2. The molecule has 1 aromatic rings. The molecule has 1 saturated heterocycles. The van der Waals surface area contributed by atoms with Gasteiger partial charge in [0.05, 0.1) is 0 Å². The minimum atomic E-state index is 0.671. The number of piperidine rings is 1. The van der Waals surface area contributed by atoms with Gasteiger partial charge in [0.2, 0.25) is 0 Å². The molecule has 0 atom stereocenters. The zero-order valence-corrected chi connectivity index (χ0v) is 12.8. The van der Waals surface area contributed by atoms with E-state index in [1.807, 2.05) is 0 Å². The summed E-state index contributed by atoms with van der Waals surface area (Å²) >= 11 is 0. The third-order valence-electron chi connectivity index (χ3n) is 5.11. The lowest BCUT2D eigenvalue weighted by Crippen LogP contribution is -2.45. The van der Waals surface area contributed by atoms with Gasteiger partial charge in [-0.25, -0.2) is 0 Å². The summed E-state index contributed by atoms with van der Waals surface area (Å²) in [4.78, 5) is 5.11. The second-order valence-electron chi connectivity index (χ2n) is 6.52. The van der Waals surface area contributed by atoms with E-state index in [0.29, 0.717) is 13.2 Å². The Morgan fingerprint density at radius 3 is 2.33 bits per heavy atom. The van der Waals surface area contributed by atoms with Gasteiger partial charge in [-0.2, -0.15) is 0 Å². The van der Waals surface area contributed by atoms with E-state index < -0.39 is 0 Å². The molecule has 3 aliphatic rings. The summed E-state index contributed by atoms with van der Waals surface area (Å²) in [5.41, 5.74) is 2.88. The highest BCUT2D eigenvalue weighted by Crippen LogP contribution is 2.36. The molecule has 0 bridgehead atoms. The molecule has 0 aromatic heterocycles. The standard InChI is InChI=1S/C17H24N2O2/c1-18-5-3-15(4-6-18)19-7-2-13-10-16-17(11-14(13)12-19)21-9-8-20-16/h10-11,15H,2-9,12H2,1H3. The van der Waals surface area contributed by atoms with Gasteiger partial charge in [0.1, 0.15) is 13.2 Å². The highest BCUT2D eigenvalue weighted by molar-refractivity contribution is 5.49. The Morgan fingerprint density at radius 1 is 0.952 bits per heavy atom. The van der Waals surface area contributed by atoms with Gasteiger partial charge in [-0.05, 0) is 62.7 Å². The fourth-order valence-corrected chi connectivity index (χ4v) is 3.79. The zero-order chi connectivity index (χ0) is 14.2. The van der Waals surface area contributed by atoms with Crippen molar-refractivity contribution in [2.45, 2.75) is 31.8 Å². The van der Waals surface area contributed by atoms with E-state index in [0.717, 1.165) is 30.5 Å². The number of rotatable bonds is 1. The molecule has 0 aliphatic carbocycles. The molecule has 0 saturated carbocycles. The number of ether oxygens (including phenoxy) is 2. The molecule has 3 aliphatic heterocycles. The van der Waals surface area contributed by atoms with Crippen molar-refractivity contribution < 1.29 is 9.47 Å². The predicted molar refractivity (Wildman–Crippen MR) is 82.1 cm³/mol. The van der Waals surface area contributed by atoms with Crippen LogP contribution in [0.3, 0.4) is 0 Å². The molecular formula is C17H24N2O2. The average molecular weight is 288 g/mol. The lowest BCUT2D eigenvalue weighted by atomic mass is 9.95. The van der Waals surface area contributed by atoms with Crippen LogP contribution in [0.5, 0.6) is 11.5 Å². The van der Waals surface area contributed by atoms with Crippen LogP contribution in [-0.4, -0.2) is 55.7 Å². The van der Waals surface area contributed by atoms with E-state index in [1.165, 1.54) is 43.6 Å². The highest BCUT2D eigenvalue weighted by atomic mass is 16.6. The topological polar surface area (TPSA) is 24.9 Å². The van der Waals surface area contributed by atoms with Crippen molar-refractivity contribution in [2.24, 2.45) is 0 Å². The van der Waals surface area contributed by atoms with Crippen molar-refractivity contribution >= 4 is 0 Å². The number of hydrogen-bond acceptors (Lipinski definition) is 4. The monoisotopic (exact) mass is 288 g/mol. The third kappa shape index (κ3) is 2.62. The average Bonchev–Trinajstić information content (AvgIpc) is 2.53. The molecule has 0 N–H and O–H groups in total. The molecule has 4 nitrogen and oxygen atoms in total. The van der Waals surface area contributed by atoms with Gasteiger partial charge in [-0.15, -0.1) is 0 Å². The van der Waals surface area contributed by atoms with Gasteiger partial charge in [-0.1, -0.05) is 0 Å². The molecule has 21 heavy (non-hydrogen) atoms. The summed E-state index contributed by atoms with van der Waals surface area (Å²) in [7, 11) is 2.23. The van der Waals surface area contributed by atoms with E-state index >= 15 is 0 Å². The Balaban J connectivity index is 1.51. The highest BCUT2D eigenvalue weighted by Gasteiger charge is 2.27. The molecule has 0 amide bonds. The van der Waals surface area contributed by atoms with E-state index in [4.69, 9.17) is 9.47 Å². The van der Waals surface area contributed by atoms with Gasteiger partial charge in [0, 0.05) is 19.1 Å². The Labute approximate surface area is 126 Å². The molecule has 0 spiro atoms. The quantitative estimate of drug-likeness (QED) is 0.788. The van der Waals surface area contributed by atoms with Gasteiger partial charge in [-0.3, -0.25) is 4.90 Å². The van der Waals surface area contributed by atoms with Crippen LogP contribution in [0.1, 0.15) is 24.0 Å². The van der Waals surface area contributed by atoms with Crippen molar-refractivity contribution in [2.75, 3.05) is 39.9 Å². The van der Waals surface area contributed by atoms with Gasteiger partial charge in [0.25, 0.3) is 0 Å². The zero-order valence-electron chi connectivity index (χ0n) is 12.8. The first-order chi connectivity index (χ1) is 10.3. The van der Waals surface area contributed by atoms with Crippen LogP contribution >= 0.6 is 0 Å². The molecule has 0 unspecified atom stereocenters. The lowest BCUT2D eigenvalue weighted by molar-refractivity contribution is 0.109. The van der Waals surface area contributed by atoms with E-state index in [-0.39, 0.29) is 0 Å². The van der Waals surface area contributed by atoms with Gasteiger partial charge in [0.15, 0.2) is 11.5 Å². The normalized spacial score (nSPS) is 23.9. The molecular weight excluding hydrogens is 264 g/mol. The molecule has 4 rings (SSSR count). The maximum absolute atomic E-state index is 5.73. The number of fused-ring (bicyclic) bond motifs is 2. The van der Waals surface area contributed by atoms with Crippen LogP contribution in [-0.2, 0) is 13.0 Å². The summed E-state index contributed by atoms with van der Waals surface area (Å²) in [5, 5.41) is 0. The maximum atomic E-state index is 5.73. The first-order valence-electron chi connectivity index (χ1n) is 8.13. The Hall–Kier alpha value is -1.26. The van der Waals surface area contributed by atoms with Crippen LogP contribution in [0.4, 0.5) is 0 Å². The van der Waals surface area contributed by atoms with Crippen LogP contribution in [0.2, 0.25) is 0 Å². The van der Waals surface area contributed by atoms with Crippen molar-refractivity contribution in [1.29, 1.82) is 0 Å². The second kappa shape index (κ2) is 5.50. The number of hydrogen-bond donors (Lipinski definition) is 0.